The number of nitrogens with two attached hydrogens (primary N) is 1. The molecule has 16 heavy (non-hydrogen) atoms. The Labute approximate surface area is 96.5 Å². The van der Waals surface area contributed by atoms with Crippen LogP contribution in [0.2, 0.25) is 0 Å². The van der Waals surface area contributed by atoms with Crippen molar-refractivity contribution in [2.45, 2.75) is 49.2 Å². The fraction of sp³-hybridized carbons (Fsp3) is 0.571. The molecule has 3 aliphatic carbocycles. The SMILES string of the molecule is NC12CCC(c3ccccc3)(CC1)CC2O. The van der Waals surface area contributed by atoms with E-state index >= 15 is 0 Å². The minimum atomic E-state index is -0.324. The zero-order valence-corrected chi connectivity index (χ0v) is 9.52. The van der Waals surface area contributed by atoms with Crippen molar-refractivity contribution >= 4 is 0 Å². The highest BCUT2D eigenvalue weighted by Gasteiger charge is 2.52. The fourth-order valence-corrected chi connectivity index (χ4v) is 3.50. The van der Waals surface area contributed by atoms with Gasteiger partial charge in [-0.15, -0.1) is 0 Å². The number of hydrogen-bond donors (Lipinski definition) is 2. The molecule has 4 rings (SSSR count). The number of rotatable bonds is 1. The minimum Gasteiger partial charge on any atom is -0.391 e. The largest absolute Gasteiger partial charge is 0.391 e. The molecule has 0 radical (unpaired) electrons. The quantitative estimate of drug-likeness (QED) is 0.755. The molecule has 0 aliphatic heterocycles. The lowest BCUT2D eigenvalue weighted by Gasteiger charge is -2.54. The minimum absolute atomic E-state index is 0.196. The van der Waals surface area contributed by atoms with E-state index in [1.807, 2.05) is 0 Å². The highest BCUT2D eigenvalue weighted by atomic mass is 16.3. The maximum atomic E-state index is 10.2. The third-order valence-electron chi connectivity index (χ3n) is 4.77. The van der Waals surface area contributed by atoms with E-state index in [4.69, 9.17) is 5.73 Å². The van der Waals surface area contributed by atoms with Crippen molar-refractivity contribution in [3.05, 3.63) is 35.9 Å². The van der Waals surface area contributed by atoms with E-state index in [2.05, 4.69) is 30.3 Å². The van der Waals surface area contributed by atoms with Gasteiger partial charge in [0.05, 0.1) is 6.10 Å². The molecule has 0 aromatic heterocycles. The van der Waals surface area contributed by atoms with E-state index in [0.717, 1.165) is 32.1 Å². The highest BCUT2D eigenvalue weighted by molar-refractivity contribution is 5.30. The van der Waals surface area contributed by atoms with E-state index in [1.54, 1.807) is 0 Å². The lowest BCUT2D eigenvalue weighted by molar-refractivity contribution is -0.0347. The Morgan fingerprint density at radius 3 is 2.25 bits per heavy atom. The molecule has 3 aliphatic rings. The zero-order chi connectivity index (χ0) is 11.2. The van der Waals surface area contributed by atoms with Gasteiger partial charge < -0.3 is 10.8 Å². The Hall–Kier alpha value is -0.860. The van der Waals surface area contributed by atoms with Crippen molar-refractivity contribution in [3.63, 3.8) is 0 Å². The van der Waals surface area contributed by atoms with Crippen LogP contribution in [0.15, 0.2) is 30.3 Å². The van der Waals surface area contributed by atoms with Crippen molar-refractivity contribution in [2.75, 3.05) is 0 Å². The first-order valence-corrected chi connectivity index (χ1v) is 6.17. The van der Waals surface area contributed by atoms with Gasteiger partial charge >= 0.3 is 0 Å². The van der Waals surface area contributed by atoms with Gasteiger partial charge in [-0.3, -0.25) is 0 Å². The predicted molar refractivity (Wildman–Crippen MR) is 64.1 cm³/mol. The van der Waals surface area contributed by atoms with Gasteiger partial charge in [0.2, 0.25) is 0 Å². The Balaban J connectivity index is 1.97. The molecule has 0 spiro atoms. The van der Waals surface area contributed by atoms with E-state index in [-0.39, 0.29) is 17.1 Å². The van der Waals surface area contributed by atoms with Crippen molar-refractivity contribution in [1.29, 1.82) is 0 Å². The summed E-state index contributed by atoms with van der Waals surface area (Å²) in [7, 11) is 0. The van der Waals surface area contributed by atoms with Gasteiger partial charge in [-0.25, -0.2) is 0 Å². The number of aliphatic hydroxyl groups is 1. The maximum absolute atomic E-state index is 10.2. The van der Waals surface area contributed by atoms with Crippen molar-refractivity contribution in [3.8, 4) is 0 Å². The summed E-state index contributed by atoms with van der Waals surface area (Å²) in [6.07, 6.45) is 4.70. The summed E-state index contributed by atoms with van der Waals surface area (Å²) in [5.74, 6) is 0. The van der Waals surface area contributed by atoms with E-state index in [9.17, 15) is 5.11 Å². The number of fused-ring (bicyclic) bond motifs is 3. The lowest BCUT2D eigenvalue weighted by Crippen LogP contribution is -2.62. The van der Waals surface area contributed by atoms with Gasteiger partial charge in [-0.05, 0) is 43.1 Å². The van der Waals surface area contributed by atoms with Crippen LogP contribution in [0.3, 0.4) is 0 Å². The van der Waals surface area contributed by atoms with Crippen LogP contribution in [0.25, 0.3) is 0 Å². The second-order valence-corrected chi connectivity index (χ2v) is 5.60. The van der Waals surface area contributed by atoms with Crippen molar-refractivity contribution in [1.82, 2.24) is 0 Å². The summed E-state index contributed by atoms with van der Waals surface area (Å²) in [6, 6.07) is 10.6. The molecule has 3 saturated carbocycles. The molecule has 1 aromatic rings. The molecule has 2 bridgehead atoms. The second-order valence-electron chi connectivity index (χ2n) is 5.60. The van der Waals surface area contributed by atoms with Gasteiger partial charge in [-0.2, -0.15) is 0 Å². The zero-order valence-electron chi connectivity index (χ0n) is 9.52. The topological polar surface area (TPSA) is 46.2 Å². The molecule has 3 fully saturated rings. The summed E-state index contributed by atoms with van der Waals surface area (Å²) in [4.78, 5) is 0. The van der Waals surface area contributed by atoms with E-state index < -0.39 is 0 Å². The van der Waals surface area contributed by atoms with Crippen LogP contribution in [0.1, 0.15) is 37.7 Å². The van der Waals surface area contributed by atoms with E-state index in [0.29, 0.717) is 0 Å². The first kappa shape index (κ1) is 10.3. The van der Waals surface area contributed by atoms with Crippen LogP contribution in [0, 0.1) is 0 Å². The van der Waals surface area contributed by atoms with Crippen molar-refractivity contribution < 1.29 is 5.11 Å². The third-order valence-corrected chi connectivity index (χ3v) is 4.77. The van der Waals surface area contributed by atoms with Crippen LogP contribution >= 0.6 is 0 Å². The molecule has 0 amide bonds. The molecule has 0 saturated heterocycles. The van der Waals surface area contributed by atoms with Gasteiger partial charge in [0, 0.05) is 5.54 Å². The van der Waals surface area contributed by atoms with Crippen LogP contribution in [-0.4, -0.2) is 16.7 Å². The van der Waals surface area contributed by atoms with Crippen LogP contribution in [0.5, 0.6) is 0 Å². The van der Waals surface area contributed by atoms with Crippen LogP contribution in [0.4, 0.5) is 0 Å². The van der Waals surface area contributed by atoms with Crippen molar-refractivity contribution in [2.24, 2.45) is 5.73 Å². The summed E-state index contributed by atoms with van der Waals surface area (Å²) in [5, 5.41) is 10.2. The molecule has 1 aromatic carbocycles. The summed E-state index contributed by atoms with van der Waals surface area (Å²) in [5.41, 5.74) is 7.51. The number of aliphatic hydroxyl groups excluding tert-OH is 1. The normalized spacial score (nSPS) is 42.2. The monoisotopic (exact) mass is 217 g/mol. The summed E-state index contributed by atoms with van der Waals surface area (Å²) < 4.78 is 0. The maximum Gasteiger partial charge on any atom is 0.0728 e. The summed E-state index contributed by atoms with van der Waals surface area (Å²) in [6.45, 7) is 0. The van der Waals surface area contributed by atoms with Crippen LogP contribution < -0.4 is 5.73 Å². The Morgan fingerprint density at radius 1 is 1.06 bits per heavy atom. The molecule has 0 heterocycles. The molecular formula is C14H19NO. The molecule has 1 unspecified atom stereocenters. The molecule has 2 nitrogen and oxygen atoms in total. The van der Waals surface area contributed by atoms with E-state index in [1.165, 1.54) is 5.56 Å². The Kier molecular flexibility index (Phi) is 2.13. The first-order valence-electron chi connectivity index (χ1n) is 6.17. The standard InChI is InChI=1S/C14H19NO/c15-14-8-6-13(7-9-14,10-12(14)16)11-4-2-1-3-5-11/h1-5,12,16H,6-10,15H2. The second kappa shape index (κ2) is 3.31. The molecule has 3 N–H and O–H groups in total. The lowest BCUT2D eigenvalue weighted by atomic mass is 9.54. The number of hydrogen-bond acceptors (Lipinski definition) is 2. The van der Waals surface area contributed by atoms with Crippen LogP contribution in [-0.2, 0) is 5.41 Å². The van der Waals surface area contributed by atoms with Gasteiger partial charge in [0.15, 0.2) is 0 Å². The summed E-state index contributed by atoms with van der Waals surface area (Å²) >= 11 is 0. The molecule has 2 heteroatoms. The Bertz CT molecular complexity index is 379. The Morgan fingerprint density at radius 2 is 1.69 bits per heavy atom. The predicted octanol–water partition coefficient (Wildman–Crippen LogP) is 1.96. The average molecular weight is 217 g/mol. The first-order chi connectivity index (χ1) is 7.65. The number of benzene rings is 1. The molecule has 1 atom stereocenters. The highest BCUT2D eigenvalue weighted by Crippen LogP contribution is 2.52. The van der Waals surface area contributed by atoms with Gasteiger partial charge in [-0.1, -0.05) is 30.3 Å². The molecule has 86 valence electrons. The fourth-order valence-electron chi connectivity index (χ4n) is 3.50. The average Bonchev–Trinajstić information content (AvgIpc) is 2.33. The smallest absolute Gasteiger partial charge is 0.0728 e. The molecular weight excluding hydrogens is 198 g/mol. The third kappa shape index (κ3) is 1.33. The van der Waals surface area contributed by atoms with Gasteiger partial charge in [0.1, 0.15) is 0 Å². The van der Waals surface area contributed by atoms with Gasteiger partial charge in [0.25, 0.3) is 0 Å².